The topological polar surface area (TPSA) is 67.2 Å². The minimum Gasteiger partial charge on any atom is -0.348 e. The first-order valence-electron chi connectivity index (χ1n) is 8.86. The second kappa shape index (κ2) is 8.07. The van der Waals surface area contributed by atoms with Crippen LogP contribution in [0.4, 0.5) is 0 Å². The van der Waals surface area contributed by atoms with Crippen molar-refractivity contribution in [2.75, 3.05) is 19.6 Å². The molecule has 1 aliphatic heterocycles. The van der Waals surface area contributed by atoms with Gasteiger partial charge in [-0.05, 0) is 44.0 Å². The van der Waals surface area contributed by atoms with Gasteiger partial charge in [-0.3, -0.25) is 9.59 Å². The molecule has 6 nitrogen and oxygen atoms in total. The molecular formula is C19H24N4O2. The van der Waals surface area contributed by atoms with Crippen molar-refractivity contribution in [2.45, 2.75) is 32.2 Å². The van der Waals surface area contributed by atoms with Crippen LogP contribution in [0.2, 0.25) is 0 Å². The van der Waals surface area contributed by atoms with Gasteiger partial charge in [-0.25, -0.2) is 0 Å². The molecule has 1 aromatic heterocycles. The van der Waals surface area contributed by atoms with Crippen molar-refractivity contribution >= 4 is 5.91 Å². The van der Waals surface area contributed by atoms with Gasteiger partial charge in [-0.2, -0.15) is 9.78 Å². The molecule has 25 heavy (non-hydrogen) atoms. The molecule has 0 bridgehead atoms. The third-order valence-corrected chi connectivity index (χ3v) is 4.50. The Morgan fingerprint density at radius 3 is 2.56 bits per heavy atom. The molecule has 1 N–H and O–H groups in total. The lowest BCUT2D eigenvalue weighted by atomic mass is 10.0. The Kier molecular flexibility index (Phi) is 5.60. The first-order valence-corrected chi connectivity index (χ1v) is 8.86. The number of para-hydroxylation sites is 1. The van der Waals surface area contributed by atoms with E-state index in [4.69, 9.17) is 0 Å². The summed E-state index contributed by atoms with van der Waals surface area (Å²) in [5.74, 6) is -0.223. The van der Waals surface area contributed by atoms with Crippen molar-refractivity contribution in [1.29, 1.82) is 0 Å². The van der Waals surface area contributed by atoms with Crippen molar-refractivity contribution in [3.63, 3.8) is 0 Å². The summed E-state index contributed by atoms with van der Waals surface area (Å²) in [5, 5.41) is 7.29. The van der Waals surface area contributed by atoms with E-state index in [1.54, 1.807) is 12.1 Å². The number of piperidine rings is 1. The smallest absolute Gasteiger partial charge is 0.271 e. The van der Waals surface area contributed by atoms with Crippen LogP contribution in [0.1, 0.15) is 36.7 Å². The van der Waals surface area contributed by atoms with Crippen molar-refractivity contribution in [3.05, 3.63) is 58.5 Å². The highest BCUT2D eigenvalue weighted by Gasteiger charge is 2.21. The van der Waals surface area contributed by atoms with Crippen LogP contribution in [0.15, 0.2) is 47.3 Å². The Balaban J connectivity index is 1.68. The van der Waals surface area contributed by atoms with E-state index < -0.39 is 0 Å². The summed E-state index contributed by atoms with van der Waals surface area (Å²) >= 11 is 0. The third kappa shape index (κ3) is 4.33. The Morgan fingerprint density at radius 2 is 1.88 bits per heavy atom. The van der Waals surface area contributed by atoms with Gasteiger partial charge in [0.25, 0.3) is 11.5 Å². The summed E-state index contributed by atoms with van der Waals surface area (Å²) in [6.45, 7) is 5.32. The van der Waals surface area contributed by atoms with Crippen molar-refractivity contribution in [2.24, 2.45) is 0 Å². The highest BCUT2D eigenvalue weighted by molar-refractivity contribution is 5.92. The van der Waals surface area contributed by atoms with E-state index in [1.807, 2.05) is 18.2 Å². The van der Waals surface area contributed by atoms with Gasteiger partial charge in [0.1, 0.15) is 5.69 Å². The fourth-order valence-electron chi connectivity index (χ4n) is 3.16. The number of carbonyl (C=O) groups excluding carboxylic acids is 1. The average molecular weight is 340 g/mol. The summed E-state index contributed by atoms with van der Waals surface area (Å²) in [7, 11) is 0. The molecule has 1 aliphatic rings. The lowest BCUT2D eigenvalue weighted by Crippen LogP contribution is -2.45. The monoisotopic (exact) mass is 340 g/mol. The zero-order valence-electron chi connectivity index (χ0n) is 14.5. The molecule has 3 rings (SSSR count). The van der Waals surface area contributed by atoms with Crippen molar-refractivity contribution < 1.29 is 4.79 Å². The molecule has 6 heteroatoms. The number of benzene rings is 1. The van der Waals surface area contributed by atoms with Gasteiger partial charge in [-0.15, -0.1) is 0 Å². The maximum atomic E-state index is 12.5. The first-order chi connectivity index (χ1) is 12.2. The molecular weight excluding hydrogens is 316 g/mol. The number of hydrogen-bond donors (Lipinski definition) is 1. The van der Waals surface area contributed by atoms with Gasteiger partial charge >= 0.3 is 0 Å². The Bertz CT molecular complexity index is 764. The normalized spacial score (nSPS) is 15.9. The van der Waals surface area contributed by atoms with E-state index in [9.17, 15) is 9.59 Å². The van der Waals surface area contributed by atoms with Crippen LogP contribution in [0.25, 0.3) is 5.69 Å². The van der Waals surface area contributed by atoms with Crippen LogP contribution < -0.4 is 10.9 Å². The van der Waals surface area contributed by atoms with E-state index in [1.165, 1.54) is 16.8 Å². The molecule has 0 radical (unpaired) electrons. The highest BCUT2D eigenvalue weighted by Crippen LogP contribution is 2.11. The van der Waals surface area contributed by atoms with Gasteiger partial charge in [0.2, 0.25) is 0 Å². The summed E-state index contributed by atoms with van der Waals surface area (Å²) in [4.78, 5) is 27.0. The molecule has 0 aliphatic carbocycles. The quantitative estimate of drug-likeness (QED) is 0.902. The zero-order chi connectivity index (χ0) is 17.6. The third-order valence-electron chi connectivity index (χ3n) is 4.50. The zero-order valence-corrected chi connectivity index (χ0v) is 14.5. The molecule has 1 saturated heterocycles. The molecule has 0 unspecified atom stereocenters. The lowest BCUT2D eigenvalue weighted by molar-refractivity contribution is 0.0904. The minimum atomic E-state index is -0.254. The molecule has 2 heterocycles. The number of likely N-dealkylation sites (tertiary alicyclic amines) is 1. The highest BCUT2D eigenvalue weighted by atomic mass is 16.2. The largest absolute Gasteiger partial charge is 0.348 e. The van der Waals surface area contributed by atoms with Crippen LogP contribution in [-0.4, -0.2) is 46.3 Å². The van der Waals surface area contributed by atoms with Crippen LogP contribution in [0.3, 0.4) is 0 Å². The molecule has 1 amide bonds. The number of nitrogens with zero attached hydrogens (tertiary/aromatic N) is 3. The number of amides is 1. The van der Waals surface area contributed by atoms with Gasteiger partial charge in [-0.1, -0.05) is 25.1 Å². The van der Waals surface area contributed by atoms with Gasteiger partial charge in [0, 0.05) is 25.2 Å². The summed E-state index contributed by atoms with van der Waals surface area (Å²) < 4.78 is 1.26. The number of rotatable bonds is 5. The Hall–Kier alpha value is -2.47. The SMILES string of the molecule is CCCN1CCC(NC(=O)c2ccc(=O)n(-c3ccccc3)n2)CC1. The van der Waals surface area contributed by atoms with Gasteiger partial charge < -0.3 is 10.2 Å². The first kappa shape index (κ1) is 17.4. The van der Waals surface area contributed by atoms with Gasteiger partial charge in [0.05, 0.1) is 5.69 Å². The summed E-state index contributed by atoms with van der Waals surface area (Å²) in [5.41, 5.74) is 0.657. The fraction of sp³-hybridized carbons (Fsp3) is 0.421. The van der Waals surface area contributed by atoms with E-state index in [-0.39, 0.29) is 23.2 Å². The molecule has 1 aromatic carbocycles. The van der Waals surface area contributed by atoms with E-state index >= 15 is 0 Å². The van der Waals surface area contributed by atoms with E-state index in [0.717, 1.165) is 38.9 Å². The standard InChI is InChI=1S/C19H24N4O2/c1-2-12-22-13-10-15(11-14-22)20-19(25)17-8-9-18(24)23(21-17)16-6-4-3-5-7-16/h3-9,15H,2,10-14H2,1H3,(H,20,25). The second-order valence-corrected chi connectivity index (χ2v) is 6.39. The summed E-state index contributed by atoms with van der Waals surface area (Å²) in [6, 6.07) is 12.2. The van der Waals surface area contributed by atoms with Crippen LogP contribution in [0.5, 0.6) is 0 Å². The van der Waals surface area contributed by atoms with Crippen LogP contribution >= 0.6 is 0 Å². The minimum absolute atomic E-state index is 0.166. The summed E-state index contributed by atoms with van der Waals surface area (Å²) in [6.07, 6.45) is 3.05. The molecule has 0 atom stereocenters. The molecule has 1 fully saturated rings. The van der Waals surface area contributed by atoms with E-state index in [0.29, 0.717) is 5.69 Å². The molecule has 0 spiro atoms. The number of nitrogens with one attached hydrogen (secondary N) is 1. The van der Waals surface area contributed by atoms with Gasteiger partial charge in [0.15, 0.2) is 0 Å². The number of carbonyl (C=O) groups is 1. The predicted octanol–water partition coefficient (Wildman–Crippen LogP) is 1.84. The lowest BCUT2D eigenvalue weighted by Gasteiger charge is -2.31. The van der Waals surface area contributed by atoms with Crippen LogP contribution in [-0.2, 0) is 0 Å². The molecule has 132 valence electrons. The number of aromatic nitrogens is 2. The van der Waals surface area contributed by atoms with Crippen molar-refractivity contribution in [1.82, 2.24) is 20.0 Å². The second-order valence-electron chi connectivity index (χ2n) is 6.39. The predicted molar refractivity (Wildman–Crippen MR) is 97.1 cm³/mol. The van der Waals surface area contributed by atoms with E-state index in [2.05, 4.69) is 22.2 Å². The maximum absolute atomic E-state index is 12.5. The molecule has 0 saturated carbocycles. The Labute approximate surface area is 147 Å². The van der Waals surface area contributed by atoms with Crippen molar-refractivity contribution in [3.8, 4) is 5.69 Å². The molecule has 2 aromatic rings. The fourth-order valence-corrected chi connectivity index (χ4v) is 3.16. The number of hydrogen-bond acceptors (Lipinski definition) is 4. The average Bonchev–Trinajstić information content (AvgIpc) is 2.64. The van der Waals surface area contributed by atoms with Crippen LogP contribution in [0, 0.1) is 0 Å². The Morgan fingerprint density at radius 1 is 1.16 bits per heavy atom. The maximum Gasteiger partial charge on any atom is 0.271 e.